The standard InChI is InChI=1S/C16H25N3S/c1-17-14(10-13-6-4-2-3-5-7-13)11-15-12-19-8-9-20-16(19)18-15/h8-9,12-14,17H,2-7,10-11H2,1H3. The van der Waals surface area contributed by atoms with Crippen LogP contribution in [0, 0.1) is 5.92 Å². The SMILES string of the molecule is CNC(Cc1cn2ccsc2n1)CC1CCCCCC1. The molecule has 2 heterocycles. The van der Waals surface area contributed by atoms with Gasteiger partial charge in [0, 0.05) is 30.2 Å². The number of hydrogen-bond acceptors (Lipinski definition) is 3. The van der Waals surface area contributed by atoms with Gasteiger partial charge in [0.15, 0.2) is 4.96 Å². The summed E-state index contributed by atoms with van der Waals surface area (Å²) in [5.74, 6) is 0.915. The van der Waals surface area contributed by atoms with E-state index in [4.69, 9.17) is 4.98 Å². The molecule has 0 spiro atoms. The Kier molecular flexibility index (Phi) is 4.73. The lowest BCUT2D eigenvalue weighted by Crippen LogP contribution is -2.30. The van der Waals surface area contributed by atoms with Crippen molar-refractivity contribution in [2.24, 2.45) is 5.92 Å². The van der Waals surface area contributed by atoms with Gasteiger partial charge in [0.25, 0.3) is 0 Å². The van der Waals surface area contributed by atoms with Gasteiger partial charge in [-0.15, -0.1) is 11.3 Å². The highest BCUT2D eigenvalue weighted by Gasteiger charge is 2.18. The Hall–Kier alpha value is -0.870. The molecule has 1 atom stereocenters. The zero-order chi connectivity index (χ0) is 13.8. The van der Waals surface area contributed by atoms with Gasteiger partial charge in [0.05, 0.1) is 5.69 Å². The minimum Gasteiger partial charge on any atom is -0.317 e. The fourth-order valence-electron chi connectivity index (χ4n) is 3.43. The number of nitrogens with one attached hydrogen (secondary N) is 1. The molecular formula is C16H25N3S. The van der Waals surface area contributed by atoms with E-state index < -0.39 is 0 Å². The predicted octanol–water partition coefficient (Wildman–Crippen LogP) is 3.89. The van der Waals surface area contributed by atoms with Crippen LogP contribution >= 0.6 is 11.3 Å². The van der Waals surface area contributed by atoms with Crippen molar-refractivity contribution in [2.45, 2.75) is 57.4 Å². The van der Waals surface area contributed by atoms with Crippen molar-refractivity contribution in [3.05, 3.63) is 23.5 Å². The summed E-state index contributed by atoms with van der Waals surface area (Å²) in [7, 11) is 2.10. The van der Waals surface area contributed by atoms with Crippen LogP contribution in [-0.4, -0.2) is 22.5 Å². The number of aromatic nitrogens is 2. The maximum Gasteiger partial charge on any atom is 0.193 e. The first-order chi connectivity index (χ1) is 9.85. The molecule has 110 valence electrons. The van der Waals surface area contributed by atoms with Gasteiger partial charge < -0.3 is 5.32 Å². The van der Waals surface area contributed by atoms with Crippen molar-refractivity contribution < 1.29 is 0 Å². The number of imidazole rings is 1. The minimum atomic E-state index is 0.572. The molecule has 4 heteroatoms. The quantitative estimate of drug-likeness (QED) is 0.847. The molecule has 3 nitrogen and oxygen atoms in total. The zero-order valence-electron chi connectivity index (χ0n) is 12.3. The number of hydrogen-bond donors (Lipinski definition) is 1. The van der Waals surface area contributed by atoms with E-state index in [2.05, 4.69) is 34.5 Å². The Balaban J connectivity index is 1.59. The second kappa shape index (κ2) is 6.72. The third kappa shape index (κ3) is 3.41. The molecule has 0 saturated heterocycles. The van der Waals surface area contributed by atoms with Crippen molar-refractivity contribution >= 4 is 16.3 Å². The molecule has 1 aliphatic rings. The van der Waals surface area contributed by atoms with Gasteiger partial charge in [-0.25, -0.2) is 4.98 Å². The van der Waals surface area contributed by atoms with E-state index in [-0.39, 0.29) is 0 Å². The highest BCUT2D eigenvalue weighted by atomic mass is 32.1. The Morgan fingerprint density at radius 1 is 1.35 bits per heavy atom. The van der Waals surface area contributed by atoms with Crippen molar-refractivity contribution in [3.8, 4) is 0 Å². The molecule has 1 fully saturated rings. The van der Waals surface area contributed by atoms with Gasteiger partial charge >= 0.3 is 0 Å². The number of fused-ring (bicyclic) bond motifs is 1. The highest BCUT2D eigenvalue weighted by Crippen LogP contribution is 2.27. The molecule has 0 bridgehead atoms. The van der Waals surface area contributed by atoms with Gasteiger partial charge in [-0.05, 0) is 19.4 Å². The van der Waals surface area contributed by atoms with Gasteiger partial charge in [-0.3, -0.25) is 4.40 Å². The van der Waals surface area contributed by atoms with Crippen LogP contribution in [0.1, 0.15) is 50.6 Å². The molecule has 20 heavy (non-hydrogen) atoms. The molecule has 1 N–H and O–H groups in total. The van der Waals surface area contributed by atoms with E-state index in [0.717, 1.165) is 17.3 Å². The van der Waals surface area contributed by atoms with Gasteiger partial charge in [-0.2, -0.15) is 0 Å². The molecule has 0 radical (unpaired) electrons. The van der Waals surface area contributed by atoms with Crippen LogP contribution in [0.2, 0.25) is 0 Å². The van der Waals surface area contributed by atoms with E-state index in [1.165, 1.54) is 50.6 Å². The summed E-state index contributed by atoms with van der Waals surface area (Å²) in [5, 5.41) is 5.60. The molecule has 2 aromatic rings. The first-order valence-corrected chi connectivity index (χ1v) is 8.81. The Morgan fingerprint density at radius 3 is 2.85 bits per heavy atom. The molecule has 0 amide bonds. The first-order valence-electron chi connectivity index (χ1n) is 7.93. The minimum absolute atomic E-state index is 0.572. The van der Waals surface area contributed by atoms with E-state index in [1.54, 1.807) is 11.3 Å². The zero-order valence-corrected chi connectivity index (χ0v) is 13.2. The third-order valence-corrected chi connectivity index (χ3v) is 5.37. The van der Waals surface area contributed by atoms with E-state index in [9.17, 15) is 0 Å². The van der Waals surface area contributed by atoms with Crippen molar-refractivity contribution in [1.29, 1.82) is 0 Å². The molecule has 3 rings (SSSR count). The van der Waals surface area contributed by atoms with Crippen LogP contribution in [0.3, 0.4) is 0 Å². The van der Waals surface area contributed by atoms with Crippen molar-refractivity contribution in [2.75, 3.05) is 7.05 Å². The average molecular weight is 291 g/mol. The third-order valence-electron chi connectivity index (χ3n) is 4.60. The molecule has 1 unspecified atom stereocenters. The summed E-state index contributed by atoms with van der Waals surface area (Å²) in [4.78, 5) is 5.83. The summed E-state index contributed by atoms with van der Waals surface area (Å²) < 4.78 is 2.14. The number of rotatable bonds is 5. The Labute approximate surface area is 125 Å². The van der Waals surface area contributed by atoms with E-state index in [0.29, 0.717) is 6.04 Å². The predicted molar refractivity (Wildman–Crippen MR) is 85.4 cm³/mol. The lowest BCUT2D eigenvalue weighted by molar-refractivity contribution is 0.360. The van der Waals surface area contributed by atoms with Crippen LogP contribution in [0.15, 0.2) is 17.8 Å². The number of nitrogens with zero attached hydrogens (tertiary/aromatic N) is 2. The summed E-state index contributed by atoms with van der Waals surface area (Å²) in [6, 6.07) is 0.572. The van der Waals surface area contributed by atoms with Crippen molar-refractivity contribution in [1.82, 2.24) is 14.7 Å². The summed E-state index contributed by atoms with van der Waals surface area (Å²) in [6.07, 6.45) is 15.2. The highest BCUT2D eigenvalue weighted by molar-refractivity contribution is 7.15. The fraction of sp³-hybridized carbons (Fsp3) is 0.688. The fourth-order valence-corrected chi connectivity index (χ4v) is 4.15. The van der Waals surface area contributed by atoms with Crippen LogP contribution in [0.25, 0.3) is 4.96 Å². The van der Waals surface area contributed by atoms with Crippen LogP contribution < -0.4 is 5.32 Å². The Bertz CT molecular complexity index is 494. The molecular weight excluding hydrogens is 266 g/mol. The smallest absolute Gasteiger partial charge is 0.193 e. The monoisotopic (exact) mass is 291 g/mol. The van der Waals surface area contributed by atoms with Gasteiger partial charge in [-0.1, -0.05) is 38.5 Å². The molecule has 2 aromatic heterocycles. The lowest BCUT2D eigenvalue weighted by Gasteiger charge is -2.21. The lowest BCUT2D eigenvalue weighted by atomic mass is 9.91. The van der Waals surface area contributed by atoms with Crippen LogP contribution in [0.5, 0.6) is 0 Å². The number of likely N-dealkylation sites (N-methyl/N-ethyl adjacent to an activating group) is 1. The van der Waals surface area contributed by atoms with E-state index in [1.807, 2.05) is 0 Å². The Morgan fingerprint density at radius 2 is 2.15 bits per heavy atom. The summed E-state index contributed by atoms with van der Waals surface area (Å²) >= 11 is 1.71. The number of thiazole rings is 1. The topological polar surface area (TPSA) is 29.3 Å². The summed E-state index contributed by atoms with van der Waals surface area (Å²) in [6.45, 7) is 0. The normalized spacial score (nSPS) is 19.2. The van der Waals surface area contributed by atoms with Crippen molar-refractivity contribution in [3.63, 3.8) is 0 Å². The van der Waals surface area contributed by atoms with Crippen LogP contribution in [0.4, 0.5) is 0 Å². The molecule has 0 aliphatic heterocycles. The second-order valence-electron chi connectivity index (χ2n) is 6.11. The largest absolute Gasteiger partial charge is 0.317 e. The average Bonchev–Trinajstić information content (AvgIpc) is 2.92. The van der Waals surface area contributed by atoms with Crippen LogP contribution in [-0.2, 0) is 6.42 Å². The maximum absolute atomic E-state index is 4.71. The summed E-state index contributed by atoms with van der Waals surface area (Å²) in [5.41, 5.74) is 1.23. The molecule has 1 aliphatic carbocycles. The molecule has 0 aromatic carbocycles. The van der Waals surface area contributed by atoms with Gasteiger partial charge in [0.1, 0.15) is 0 Å². The second-order valence-corrected chi connectivity index (χ2v) is 6.98. The van der Waals surface area contributed by atoms with Gasteiger partial charge in [0.2, 0.25) is 0 Å². The first kappa shape index (κ1) is 14.1. The maximum atomic E-state index is 4.71. The van der Waals surface area contributed by atoms with E-state index >= 15 is 0 Å². The molecule has 1 saturated carbocycles.